The topological polar surface area (TPSA) is 72.0 Å². The molecular weight excluding hydrogens is 242 g/mol. The minimum atomic E-state index is 0.464. The molecule has 2 rings (SSSR count). The number of aryl methyl sites for hydroxylation is 1. The molecule has 19 heavy (non-hydrogen) atoms. The van der Waals surface area contributed by atoms with E-state index in [-0.39, 0.29) is 0 Å². The normalized spacial score (nSPS) is 10.2. The minimum absolute atomic E-state index is 0.464. The van der Waals surface area contributed by atoms with Crippen LogP contribution >= 0.6 is 0 Å². The molecule has 6 heteroatoms. The Kier molecular flexibility index (Phi) is 4.63. The van der Waals surface area contributed by atoms with Crippen molar-refractivity contribution in [3.05, 3.63) is 36.0 Å². The van der Waals surface area contributed by atoms with Gasteiger partial charge in [-0.1, -0.05) is 17.7 Å². The van der Waals surface area contributed by atoms with Crippen molar-refractivity contribution < 1.29 is 4.74 Å². The number of aromatic nitrogens is 3. The van der Waals surface area contributed by atoms with Crippen molar-refractivity contribution in [2.24, 2.45) is 0 Å². The zero-order valence-electron chi connectivity index (χ0n) is 11.1. The number of rotatable bonds is 6. The number of methoxy groups -OCH3 is 1. The lowest BCUT2D eigenvalue weighted by Crippen LogP contribution is -2.10. The molecule has 0 aliphatic heterocycles. The highest BCUT2D eigenvalue weighted by Gasteiger charge is 2.00. The van der Waals surface area contributed by atoms with Crippen molar-refractivity contribution in [1.29, 1.82) is 0 Å². The summed E-state index contributed by atoms with van der Waals surface area (Å²) in [4.78, 5) is 4.31. The van der Waals surface area contributed by atoms with Gasteiger partial charge in [-0.05, 0) is 19.1 Å². The maximum absolute atomic E-state index is 4.96. The molecule has 100 valence electrons. The van der Waals surface area contributed by atoms with Crippen LogP contribution in [-0.4, -0.2) is 35.4 Å². The van der Waals surface area contributed by atoms with Crippen molar-refractivity contribution in [1.82, 2.24) is 15.2 Å². The lowest BCUT2D eigenvalue weighted by molar-refractivity contribution is 0.210. The summed E-state index contributed by atoms with van der Waals surface area (Å²) in [6.07, 6.45) is 1.58. The van der Waals surface area contributed by atoms with E-state index in [2.05, 4.69) is 25.8 Å². The molecule has 0 aliphatic carbocycles. The summed E-state index contributed by atoms with van der Waals surface area (Å²) in [6, 6.07) is 8.00. The van der Waals surface area contributed by atoms with Gasteiger partial charge in [-0.2, -0.15) is 10.1 Å². The summed E-state index contributed by atoms with van der Waals surface area (Å²) in [5, 5.41) is 14.0. The SMILES string of the molecule is COCCNc1cnnc(Nc2ccc(C)cc2)n1. The van der Waals surface area contributed by atoms with Gasteiger partial charge < -0.3 is 15.4 Å². The molecule has 0 bridgehead atoms. The molecule has 0 radical (unpaired) electrons. The molecule has 2 N–H and O–H groups in total. The lowest BCUT2D eigenvalue weighted by atomic mass is 10.2. The van der Waals surface area contributed by atoms with E-state index in [4.69, 9.17) is 4.74 Å². The summed E-state index contributed by atoms with van der Waals surface area (Å²) in [6.45, 7) is 3.34. The summed E-state index contributed by atoms with van der Waals surface area (Å²) in [5.41, 5.74) is 2.14. The molecule has 0 atom stereocenters. The van der Waals surface area contributed by atoms with E-state index in [1.807, 2.05) is 31.2 Å². The Hall–Kier alpha value is -2.21. The number of ether oxygens (including phenoxy) is 1. The summed E-state index contributed by atoms with van der Waals surface area (Å²) >= 11 is 0. The first kappa shape index (κ1) is 13.2. The molecule has 1 aromatic carbocycles. The van der Waals surface area contributed by atoms with Crippen molar-refractivity contribution in [3.63, 3.8) is 0 Å². The highest BCUT2D eigenvalue weighted by Crippen LogP contribution is 2.13. The Morgan fingerprint density at radius 3 is 2.74 bits per heavy atom. The fraction of sp³-hybridized carbons (Fsp3) is 0.308. The van der Waals surface area contributed by atoms with Gasteiger partial charge in [0.2, 0.25) is 5.95 Å². The fourth-order valence-corrected chi connectivity index (χ4v) is 1.49. The summed E-state index contributed by atoms with van der Waals surface area (Å²) in [7, 11) is 1.66. The van der Waals surface area contributed by atoms with Crippen LogP contribution in [0.4, 0.5) is 17.5 Å². The molecule has 0 spiro atoms. The van der Waals surface area contributed by atoms with Crippen LogP contribution < -0.4 is 10.6 Å². The van der Waals surface area contributed by atoms with E-state index < -0.39 is 0 Å². The third-order valence-electron chi connectivity index (χ3n) is 2.48. The average Bonchev–Trinajstić information content (AvgIpc) is 2.42. The maximum Gasteiger partial charge on any atom is 0.249 e. The van der Waals surface area contributed by atoms with Crippen molar-refractivity contribution in [2.75, 3.05) is 30.9 Å². The zero-order valence-corrected chi connectivity index (χ0v) is 11.1. The fourth-order valence-electron chi connectivity index (χ4n) is 1.49. The monoisotopic (exact) mass is 259 g/mol. The quantitative estimate of drug-likeness (QED) is 0.773. The number of benzene rings is 1. The van der Waals surface area contributed by atoms with Crippen molar-refractivity contribution in [3.8, 4) is 0 Å². The summed E-state index contributed by atoms with van der Waals surface area (Å²) < 4.78 is 4.96. The molecule has 0 fully saturated rings. The molecular formula is C13H17N5O. The second kappa shape index (κ2) is 6.65. The molecule has 1 aromatic heterocycles. The smallest absolute Gasteiger partial charge is 0.249 e. The van der Waals surface area contributed by atoms with Gasteiger partial charge in [-0.3, -0.25) is 0 Å². The standard InChI is InChI=1S/C13H17N5O/c1-10-3-5-11(6-4-10)16-13-17-12(9-15-18-13)14-7-8-19-2/h3-6,9H,7-8H2,1-2H3,(H2,14,16,17,18). The molecule has 0 saturated carbocycles. The number of nitrogens with one attached hydrogen (secondary N) is 2. The highest BCUT2D eigenvalue weighted by molar-refractivity contribution is 5.54. The lowest BCUT2D eigenvalue weighted by Gasteiger charge is -2.07. The zero-order chi connectivity index (χ0) is 13.5. The molecule has 6 nitrogen and oxygen atoms in total. The molecule has 0 saturated heterocycles. The summed E-state index contributed by atoms with van der Waals surface area (Å²) in [5.74, 6) is 1.13. The first-order valence-corrected chi connectivity index (χ1v) is 6.04. The Labute approximate surface area is 112 Å². The third kappa shape index (κ3) is 4.18. The van der Waals surface area contributed by atoms with E-state index in [0.717, 1.165) is 5.69 Å². The van der Waals surface area contributed by atoms with Crippen LogP contribution in [0, 0.1) is 6.92 Å². The minimum Gasteiger partial charge on any atom is -0.383 e. The third-order valence-corrected chi connectivity index (χ3v) is 2.48. The van der Waals surface area contributed by atoms with E-state index in [1.165, 1.54) is 5.56 Å². The van der Waals surface area contributed by atoms with Crippen LogP contribution in [0.5, 0.6) is 0 Å². The number of hydrogen-bond donors (Lipinski definition) is 2. The van der Waals surface area contributed by atoms with Crippen LogP contribution in [0.25, 0.3) is 0 Å². The molecule has 2 aromatic rings. The Morgan fingerprint density at radius 2 is 2.00 bits per heavy atom. The van der Waals surface area contributed by atoms with Crippen molar-refractivity contribution >= 4 is 17.5 Å². The van der Waals surface area contributed by atoms with Crippen LogP contribution in [0.1, 0.15) is 5.56 Å². The van der Waals surface area contributed by atoms with E-state index in [1.54, 1.807) is 13.3 Å². The highest BCUT2D eigenvalue weighted by atomic mass is 16.5. The van der Waals surface area contributed by atoms with Gasteiger partial charge in [0, 0.05) is 19.3 Å². The number of hydrogen-bond acceptors (Lipinski definition) is 6. The molecule has 0 unspecified atom stereocenters. The van der Waals surface area contributed by atoms with Gasteiger partial charge >= 0.3 is 0 Å². The first-order valence-electron chi connectivity index (χ1n) is 6.04. The van der Waals surface area contributed by atoms with Gasteiger partial charge in [-0.25, -0.2) is 0 Å². The second-order valence-corrected chi connectivity index (χ2v) is 4.08. The largest absolute Gasteiger partial charge is 0.383 e. The number of nitrogens with zero attached hydrogens (tertiary/aromatic N) is 3. The van der Waals surface area contributed by atoms with Crippen LogP contribution in [-0.2, 0) is 4.74 Å². The second-order valence-electron chi connectivity index (χ2n) is 4.08. The molecule has 0 amide bonds. The van der Waals surface area contributed by atoms with Gasteiger partial charge in [0.25, 0.3) is 0 Å². The van der Waals surface area contributed by atoms with Crippen LogP contribution in [0.15, 0.2) is 30.5 Å². The predicted octanol–water partition coefficient (Wildman–Crippen LogP) is 1.98. The van der Waals surface area contributed by atoms with Crippen LogP contribution in [0.2, 0.25) is 0 Å². The van der Waals surface area contributed by atoms with Gasteiger partial charge in [0.15, 0.2) is 5.82 Å². The van der Waals surface area contributed by atoms with Gasteiger partial charge in [0.1, 0.15) is 0 Å². The maximum atomic E-state index is 4.96. The molecule has 1 heterocycles. The Bertz CT molecular complexity index is 515. The Morgan fingerprint density at radius 1 is 1.21 bits per heavy atom. The van der Waals surface area contributed by atoms with Gasteiger partial charge in [-0.15, -0.1) is 5.10 Å². The van der Waals surface area contributed by atoms with Gasteiger partial charge in [0.05, 0.1) is 12.8 Å². The first-order chi connectivity index (χ1) is 9.28. The van der Waals surface area contributed by atoms with E-state index in [0.29, 0.717) is 24.9 Å². The average molecular weight is 259 g/mol. The van der Waals surface area contributed by atoms with E-state index >= 15 is 0 Å². The molecule has 0 aliphatic rings. The van der Waals surface area contributed by atoms with Crippen molar-refractivity contribution in [2.45, 2.75) is 6.92 Å². The Balaban J connectivity index is 2.00. The van der Waals surface area contributed by atoms with E-state index in [9.17, 15) is 0 Å². The van der Waals surface area contributed by atoms with Crippen LogP contribution in [0.3, 0.4) is 0 Å². The number of anilines is 3. The predicted molar refractivity (Wildman–Crippen MR) is 74.7 cm³/mol.